The summed E-state index contributed by atoms with van der Waals surface area (Å²) in [7, 11) is 0. The third kappa shape index (κ3) is 3.27. The molecule has 5 heteroatoms. The molecule has 0 spiro atoms. The van der Waals surface area contributed by atoms with Crippen molar-refractivity contribution in [3.63, 3.8) is 0 Å². The highest BCUT2D eigenvalue weighted by Crippen LogP contribution is 2.30. The standard InChI is InChI=1S/C13H20ClFN2O/c1-3-13(4-2,8-18)7-17-12-6-10(15)9(14)5-11(12)16/h5-6,17-18H,3-4,7-8,16H2,1-2H3. The van der Waals surface area contributed by atoms with Crippen LogP contribution in [0.3, 0.4) is 0 Å². The molecule has 0 saturated heterocycles. The molecule has 4 N–H and O–H groups in total. The lowest BCUT2D eigenvalue weighted by Gasteiger charge is -2.30. The molecule has 0 aliphatic heterocycles. The Kier molecular flexibility index (Phi) is 5.23. The molecule has 0 fully saturated rings. The molecule has 0 amide bonds. The Morgan fingerprint density at radius 3 is 2.50 bits per heavy atom. The van der Waals surface area contributed by atoms with Gasteiger partial charge in [0.05, 0.1) is 23.0 Å². The zero-order valence-electron chi connectivity index (χ0n) is 10.8. The van der Waals surface area contributed by atoms with Crippen LogP contribution >= 0.6 is 11.6 Å². The minimum absolute atomic E-state index is 0.0115. The summed E-state index contributed by atoms with van der Waals surface area (Å²) < 4.78 is 13.3. The van der Waals surface area contributed by atoms with Gasteiger partial charge in [-0.3, -0.25) is 0 Å². The van der Waals surface area contributed by atoms with E-state index in [1.54, 1.807) is 0 Å². The van der Waals surface area contributed by atoms with Gasteiger partial charge in [0.25, 0.3) is 0 Å². The Hall–Kier alpha value is -1.00. The second-order valence-electron chi connectivity index (χ2n) is 4.57. The van der Waals surface area contributed by atoms with Crippen molar-refractivity contribution in [1.29, 1.82) is 0 Å². The van der Waals surface area contributed by atoms with Gasteiger partial charge in [-0.25, -0.2) is 4.39 Å². The highest BCUT2D eigenvalue weighted by Gasteiger charge is 2.25. The Labute approximate surface area is 112 Å². The van der Waals surface area contributed by atoms with Crippen LogP contribution < -0.4 is 11.1 Å². The summed E-state index contributed by atoms with van der Waals surface area (Å²) in [6.45, 7) is 4.67. The lowest BCUT2D eigenvalue weighted by Crippen LogP contribution is -2.32. The maximum Gasteiger partial charge on any atom is 0.143 e. The normalized spacial score (nSPS) is 11.6. The number of hydrogen-bond acceptors (Lipinski definition) is 3. The molecule has 1 aromatic rings. The van der Waals surface area contributed by atoms with Crippen molar-refractivity contribution >= 4 is 23.0 Å². The molecular formula is C13H20ClFN2O. The van der Waals surface area contributed by atoms with Crippen LogP contribution in [0.15, 0.2) is 12.1 Å². The minimum atomic E-state index is -0.504. The van der Waals surface area contributed by atoms with Crippen molar-refractivity contribution < 1.29 is 9.50 Å². The van der Waals surface area contributed by atoms with Gasteiger partial charge in [0.1, 0.15) is 5.82 Å². The number of nitrogens with two attached hydrogens (primary N) is 1. The maximum absolute atomic E-state index is 13.3. The van der Waals surface area contributed by atoms with E-state index < -0.39 is 5.82 Å². The van der Waals surface area contributed by atoms with Crippen molar-refractivity contribution in [2.75, 3.05) is 24.2 Å². The Bertz CT molecular complexity index is 400. The molecule has 0 unspecified atom stereocenters. The van der Waals surface area contributed by atoms with Crippen LogP contribution in [0.25, 0.3) is 0 Å². The highest BCUT2D eigenvalue weighted by molar-refractivity contribution is 6.31. The lowest BCUT2D eigenvalue weighted by atomic mass is 9.83. The topological polar surface area (TPSA) is 58.3 Å². The molecule has 0 bridgehead atoms. The predicted molar refractivity (Wildman–Crippen MR) is 74.4 cm³/mol. The van der Waals surface area contributed by atoms with Crippen LogP contribution in [0.1, 0.15) is 26.7 Å². The van der Waals surface area contributed by atoms with Gasteiger partial charge < -0.3 is 16.2 Å². The molecule has 1 aromatic carbocycles. The largest absolute Gasteiger partial charge is 0.397 e. The molecule has 0 heterocycles. The third-order valence-electron chi connectivity index (χ3n) is 3.58. The van der Waals surface area contributed by atoms with E-state index in [9.17, 15) is 9.50 Å². The van der Waals surface area contributed by atoms with E-state index in [0.29, 0.717) is 17.9 Å². The molecule has 102 valence electrons. The first-order valence-corrected chi connectivity index (χ1v) is 6.45. The monoisotopic (exact) mass is 274 g/mol. The molecule has 1 rings (SSSR count). The molecule has 18 heavy (non-hydrogen) atoms. The Balaban J connectivity index is 2.83. The van der Waals surface area contributed by atoms with Gasteiger partial charge in [-0.15, -0.1) is 0 Å². The van der Waals surface area contributed by atoms with Crippen molar-refractivity contribution in [3.05, 3.63) is 23.0 Å². The van der Waals surface area contributed by atoms with Crippen molar-refractivity contribution in [2.24, 2.45) is 5.41 Å². The average Bonchev–Trinajstić information content (AvgIpc) is 2.37. The number of halogens is 2. The van der Waals surface area contributed by atoms with E-state index >= 15 is 0 Å². The Morgan fingerprint density at radius 2 is 2.00 bits per heavy atom. The molecule has 0 aliphatic rings. The third-order valence-corrected chi connectivity index (χ3v) is 3.87. The van der Waals surface area contributed by atoms with Crippen LogP contribution in [0.5, 0.6) is 0 Å². The summed E-state index contributed by atoms with van der Waals surface area (Å²) in [5.74, 6) is -0.504. The van der Waals surface area contributed by atoms with Crippen molar-refractivity contribution in [1.82, 2.24) is 0 Å². The number of aliphatic hydroxyl groups is 1. The van der Waals surface area contributed by atoms with Gasteiger partial charge in [0, 0.05) is 18.0 Å². The summed E-state index contributed by atoms with van der Waals surface area (Å²) in [6, 6.07) is 2.67. The smallest absolute Gasteiger partial charge is 0.143 e. The summed E-state index contributed by atoms with van der Waals surface area (Å²) >= 11 is 5.64. The number of nitrogens with one attached hydrogen (secondary N) is 1. The number of nitrogen functional groups attached to an aromatic ring is 1. The van der Waals surface area contributed by atoms with E-state index in [0.717, 1.165) is 12.8 Å². The van der Waals surface area contributed by atoms with Gasteiger partial charge in [-0.2, -0.15) is 0 Å². The lowest BCUT2D eigenvalue weighted by molar-refractivity contribution is 0.127. The highest BCUT2D eigenvalue weighted by atomic mass is 35.5. The number of hydrogen-bond donors (Lipinski definition) is 3. The maximum atomic E-state index is 13.3. The number of anilines is 2. The molecule has 0 aromatic heterocycles. The Morgan fingerprint density at radius 1 is 1.39 bits per heavy atom. The molecule has 0 aliphatic carbocycles. The number of rotatable bonds is 6. The van der Waals surface area contributed by atoms with Gasteiger partial charge in [-0.05, 0) is 18.9 Å². The summed E-state index contributed by atoms with van der Waals surface area (Å²) in [4.78, 5) is 0. The second-order valence-corrected chi connectivity index (χ2v) is 4.98. The fourth-order valence-electron chi connectivity index (χ4n) is 1.78. The average molecular weight is 275 g/mol. The van der Waals surface area contributed by atoms with Crippen LogP contribution in [-0.4, -0.2) is 18.3 Å². The van der Waals surface area contributed by atoms with Gasteiger partial charge in [0.2, 0.25) is 0 Å². The van der Waals surface area contributed by atoms with Crippen molar-refractivity contribution in [2.45, 2.75) is 26.7 Å². The van der Waals surface area contributed by atoms with Crippen LogP contribution in [0.4, 0.5) is 15.8 Å². The fraction of sp³-hybridized carbons (Fsp3) is 0.538. The molecule has 3 nitrogen and oxygen atoms in total. The van der Waals surface area contributed by atoms with Gasteiger partial charge in [-0.1, -0.05) is 25.4 Å². The summed E-state index contributed by atoms with van der Waals surface area (Å²) in [6.07, 6.45) is 1.67. The van der Waals surface area contributed by atoms with E-state index in [2.05, 4.69) is 5.32 Å². The van der Waals surface area contributed by atoms with Gasteiger partial charge in [0.15, 0.2) is 0 Å². The van der Waals surface area contributed by atoms with Crippen LogP contribution in [-0.2, 0) is 0 Å². The number of aliphatic hydroxyl groups excluding tert-OH is 1. The van der Waals surface area contributed by atoms with Crippen LogP contribution in [0.2, 0.25) is 5.02 Å². The minimum Gasteiger partial charge on any atom is -0.397 e. The zero-order valence-corrected chi connectivity index (χ0v) is 11.5. The number of benzene rings is 1. The van der Waals surface area contributed by atoms with E-state index in [1.807, 2.05) is 13.8 Å². The summed E-state index contributed by atoms with van der Waals surface area (Å²) in [5, 5.41) is 12.6. The molecular weight excluding hydrogens is 255 g/mol. The first-order chi connectivity index (χ1) is 8.48. The molecule has 0 atom stereocenters. The molecule has 0 radical (unpaired) electrons. The molecule has 0 saturated carbocycles. The fourth-order valence-corrected chi connectivity index (χ4v) is 1.95. The predicted octanol–water partition coefficient (Wildman–Crippen LogP) is 3.27. The first kappa shape index (κ1) is 15.1. The second kappa shape index (κ2) is 6.25. The van der Waals surface area contributed by atoms with Gasteiger partial charge >= 0.3 is 0 Å². The zero-order chi connectivity index (χ0) is 13.8. The van der Waals surface area contributed by atoms with Crippen molar-refractivity contribution in [3.8, 4) is 0 Å². The first-order valence-electron chi connectivity index (χ1n) is 6.07. The van der Waals surface area contributed by atoms with E-state index in [4.69, 9.17) is 17.3 Å². The van der Waals surface area contributed by atoms with E-state index in [-0.39, 0.29) is 17.0 Å². The quantitative estimate of drug-likeness (QED) is 0.698. The van der Waals surface area contributed by atoms with E-state index in [1.165, 1.54) is 12.1 Å². The SMILES string of the molecule is CCC(CC)(CO)CNc1cc(F)c(Cl)cc1N. The summed E-state index contributed by atoms with van der Waals surface area (Å²) in [5.41, 5.74) is 6.48. The van der Waals surface area contributed by atoms with Crippen LogP contribution in [0, 0.1) is 11.2 Å².